The van der Waals surface area contributed by atoms with E-state index in [9.17, 15) is 4.79 Å². The normalized spacial score (nSPS) is 26.1. The minimum absolute atomic E-state index is 0.122. The Bertz CT molecular complexity index is 616. The van der Waals surface area contributed by atoms with Crippen LogP contribution in [0.4, 0.5) is 0 Å². The molecule has 0 aromatic heterocycles. The zero-order valence-corrected chi connectivity index (χ0v) is 14.9. The fourth-order valence-electron chi connectivity index (χ4n) is 4.50. The van der Waals surface area contributed by atoms with Crippen LogP contribution in [-0.4, -0.2) is 33.3 Å². The summed E-state index contributed by atoms with van der Waals surface area (Å²) >= 11 is 0. The summed E-state index contributed by atoms with van der Waals surface area (Å²) < 4.78 is 16.0. The molecule has 2 saturated carbocycles. The van der Waals surface area contributed by atoms with Crippen LogP contribution in [-0.2, 0) is 0 Å². The standard InChI is InChI=1S/C19H27NO4/c1-11(14-8-12-5-6-13(14)7-12)20-19(21)15-9-17(23-3)18(24-4)10-16(15)22-2/h9-14H,5-8H2,1-4H3,(H,20,21). The molecular weight excluding hydrogens is 306 g/mol. The van der Waals surface area contributed by atoms with E-state index in [-0.39, 0.29) is 11.9 Å². The van der Waals surface area contributed by atoms with Gasteiger partial charge in [-0.05, 0) is 43.9 Å². The lowest BCUT2D eigenvalue weighted by molar-refractivity contribution is 0.0911. The zero-order valence-electron chi connectivity index (χ0n) is 14.9. The monoisotopic (exact) mass is 333 g/mol. The third kappa shape index (κ3) is 3.04. The van der Waals surface area contributed by atoms with Crippen LogP contribution in [0.3, 0.4) is 0 Å². The van der Waals surface area contributed by atoms with Gasteiger partial charge in [-0.25, -0.2) is 0 Å². The van der Waals surface area contributed by atoms with Crippen molar-refractivity contribution in [3.8, 4) is 17.2 Å². The third-order valence-corrected chi connectivity index (χ3v) is 5.74. The Morgan fingerprint density at radius 1 is 1.04 bits per heavy atom. The number of fused-ring (bicyclic) bond motifs is 2. The first-order valence-corrected chi connectivity index (χ1v) is 8.68. The molecule has 24 heavy (non-hydrogen) atoms. The van der Waals surface area contributed by atoms with Crippen molar-refractivity contribution in [3.63, 3.8) is 0 Å². The number of carbonyl (C=O) groups is 1. The predicted octanol–water partition coefficient (Wildman–Crippen LogP) is 3.27. The highest BCUT2D eigenvalue weighted by Crippen LogP contribution is 2.49. The average molecular weight is 333 g/mol. The number of benzene rings is 1. The molecule has 2 aliphatic carbocycles. The van der Waals surface area contributed by atoms with Crippen molar-refractivity contribution < 1.29 is 19.0 Å². The van der Waals surface area contributed by atoms with Gasteiger partial charge in [0, 0.05) is 18.2 Å². The van der Waals surface area contributed by atoms with E-state index < -0.39 is 0 Å². The van der Waals surface area contributed by atoms with E-state index in [2.05, 4.69) is 12.2 Å². The second-order valence-electron chi connectivity index (χ2n) is 7.01. The summed E-state index contributed by atoms with van der Waals surface area (Å²) in [6.45, 7) is 2.12. The molecule has 2 bridgehead atoms. The maximum absolute atomic E-state index is 12.8. The molecule has 4 atom stereocenters. The number of hydrogen-bond donors (Lipinski definition) is 1. The molecule has 0 radical (unpaired) electrons. The molecule has 2 fully saturated rings. The van der Waals surface area contributed by atoms with E-state index in [1.54, 1.807) is 33.5 Å². The van der Waals surface area contributed by atoms with Gasteiger partial charge in [-0.3, -0.25) is 4.79 Å². The zero-order chi connectivity index (χ0) is 17.3. The van der Waals surface area contributed by atoms with E-state index >= 15 is 0 Å². The van der Waals surface area contributed by atoms with Crippen molar-refractivity contribution in [3.05, 3.63) is 17.7 Å². The van der Waals surface area contributed by atoms with E-state index in [0.717, 1.165) is 11.8 Å². The second-order valence-corrected chi connectivity index (χ2v) is 7.01. The summed E-state index contributed by atoms with van der Waals surface area (Å²) in [5.74, 6) is 3.68. The predicted molar refractivity (Wildman–Crippen MR) is 92.0 cm³/mol. The van der Waals surface area contributed by atoms with Crippen molar-refractivity contribution >= 4 is 5.91 Å². The number of amides is 1. The van der Waals surface area contributed by atoms with Gasteiger partial charge >= 0.3 is 0 Å². The van der Waals surface area contributed by atoms with Gasteiger partial charge in [0.05, 0.1) is 26.9 Å². The molecular formula is C19H27NO4. The second kappa shape index (κ2) is 6.91. The lowest BCUT2D eigenvalue weighted by Gasteiger charge is -2.28. The van der Waals surface area contributed by atoms with Crippen LogP contribution in [0.2, 0.25) is 0 Å². The van der Waals surface area contributed by atoms with Crippen molar-refractivity contribution in [2.75, 3.05) is 21.3 Å². The molecule has 5 nitrogen and oxygen atoms in total. The molecule has 1 aromatic rings. The van der Waals surface area contributed by atoms with Crippen LogP contribution >= 0.6 is 0 Å². The molecule has 1 amide bonds. The van der Waals surface area contributed by atoms with Crippen LogP contribution in [0, 0.1) is 17.8 Å². The third-order valence-electron chi connectivity index (χ3n) is 5.74. The van der Waals surface area contributed by atoms with Gasteiger partial charge in [-0.2, -0.15) is 0 Å². The van der Waals surface area contributed by atoms with Crippen LogP contribution in [0.1, 0.15) is 43.0 Å². The molecule has 3 rings (SSSR count). The number of rotatable bonds is 6. The van der Waals surface area contributed by atoms with E-state index in [1.807, 2.05) is 0 Å². The Balaban J connectivity index is 1.76. The molecule has 5 heteroatoms. The SMILES string of the molecule is COc1cc(OC)c(C(=O)NC(C)C2CC3CCC2C3)cc1OC. The molecule has 2 aliphatic rings. The summed E-state index contributed by atoms with van der Waals surface area (Å²) in [5.41, 5.74) is 0.477. The molecule has 0 heterocycles. The first-order chi connectivity index (χ1) is 11.6. The summed E-state index contributed by atoms with van der Waals surface area (Å²) in [6, 6.07) is 3.54. The first-order valence-electron chi connectivity index (χ1n) is 8.68. The number of hydrogen-bond acceptors (Lipinski definition) is 4. The number of ether oxygens (including phenoxy) is 3. The lowest BCUT2D eigenvalue weighted by atomic mass is 9.84. The Hall–Kier alpha value is -1.91. The highest BCUT2D eigenvalue weighted by atomic mass is 16.5. The van der Waals surface area contributed by atoms with Gasteiger partial charge in [-0.1, -0.05) is 6.42 Å². The molecule has 0 aliphatic heterocycles. The largest absolute Gasteiger partial charge is 0.496 e. The van der Waals surface area contributed by atoms with Crippen LogP contribution in [0.15, 0.2) is 12.1 Å². The van der Waals surface area contributed by atoms with E-state index in [4.69, 9.17) is 14.2 Å². The quantitative estimate of drug-likeness (QED) is 0.868. The Labute approximate surface area is 143 Å². The highest BCUT2D eigenvalue weighted by Gasteiger charge is 2.42. The fourth-order valence-corrected chi connectivity index (χ4v) is 4.50. The summed E-state index contributed by atoms with van der Waals surface area (Å²) in [5, 5.41) is 3.17. The first kappa shape index (κ1) is 16.9. The minimum atomic E-state index is -0.122. The number of carbonyl (C=O) groups excluding carboxylic acids is 1. The Kier molecular flexibility index (Phi) is 4.88. The van der Waals surface area contributed by atoms with Gasteiger partial charge in [-0.15, -0.1) is 0 Å². The highest BCUT2D eigenvalue weighted by molar-refractivity contribution is 5.98. The smallest absolute Gasteiger partial charge is 0.255 e. The average Bonchev–Trinajstić information content (AvgIpc) is 3.23. The molecule has 0 spiro atoms. The molecule has 0 saturated heterocycles. The topological polar surface area (TPSA) is 56.8 Å². The van der Waals surface area contributed by atoms with E-state index in [1.165, 1.54) is 25.7 Å². The number of nitrogens with one attached hydrogen (secondary N) is 1. The Morgan fingerprint density at radius 3 is 2.25 bits per heavy atom. The van der Waals surface area contributed by atoms with Crippen molar-refractivity contribution in [1.82, 2.24) is 5.32 Å². The minimum Gasteiger partial charge on any atom is -0.496 e. The van der Waals surface area contributed by atoms with Gasteiger partial charge < -0.3 is 19.5 Å². The molecule has 1 N–H and O–H groups in total. The summed E-state index contributed by atoms with van der Waals surface area (Å²) in [6.07, 6.45) is 5.26. The van der Waals surface area contributed by atoms with Crippen molar-refractivity contribution in [1.29, 1.82) is 0 Å². The van der Waals surface area contributed by atoms with Crippen LogP contribution < -0.4 is 19.5 Å². The van der Waals surface area contributed by atoms with Gasteiger partial charge in [0.2, 0.25) is 0 Å². The van der Waals surface area contributed by atoms with Gasteiger partial charge in [0.25, 0.3) is 5.91 Å². The fraction of sp³-hybridized carbons (Fsp3) is 0.632. The van der Waals surface area contributed by atoms with Crippen molar-refractivity contribution in [2.45, 2.75) is 38.6 Å². The number of methoxy groups -OCH3 is 3. The molecule has 1 aromatic carbocycles. The summed E-state index contributed by atoms with van der Waals surface area (Å²) in [7, 11) is 4.68. The summed E-state index contributed by atoms with van der Waals surface area (Å²) in [4.78, 5) is 12.8. The van der Waals surface area contributed by atoms with Crippen LogP contribution in [0.5, 0.6) is 17.2 Å². The molecule has 4 unspecified atom stereocenters. The molecule has 132 valence electrons. The van der Waals surface area contributed by atoms with Crippen molar-refractivity contribution in [2.24, 2.45) is 17.8 Å². The Morgan fingerprint density at radius 2 is 1.71 bits per heavy atom. The van der Waals surface area contributed by atoms with Gasteiger partial charge in [0.15, 0.2) is 11.5 Å². The lowest BCUT2D eigenvalue weighted by Crippen LogP contribution is -2.40. The van der Waals surface area contributed by atoms with E-state index in [0.29, 0.717) is 28.7 Å². The maximum atomic E-state index is 12.8. The maximum Gasteiger partial charge on any atom is 0.255 e. The van der Waals surface area contributed by atoms with Crippen LogP contribution in [0.25, 0.3) is 0 Å². The van der Waals surface area contributed by atoms with Gasteiger partial charge in [0.1, 0.15) is 5.75 Å².